The SMILES string of the molecule is COC1CCC(C2CNC(NC3CCC(CCN4C[C@H](OC(C)(C)C)C[C@H]4C(=O)O)CC3)NC2)CC1. The molecule has 36 heavy (non-hydrogen) atoms. The van der Waals surface area contributed by atoms with E-state index in [4.69, 9.17) is 9.47 Å². The van der Waals surface area contributed by atoms with Gasteiger partial charge in [0.1, 0.15) is 12.3 Å². The molecule has 0 bridgehead atoms. The summed E-state index contributed by atoms with van der Waals surface area (Å²) in [6, 6.07) is 0.153. The molecule has 2 heterocycles. The Morgan fingerprint density at radius 2 is 1.64 bits per heavy atom. The minimum atomic E-state index is -0.708. The lowest BCUT2D eigenvalue weighted by Crippen LogP contribution is -2.63. The van der Waals surface area contributed by atoms with Crippen molar-refractivity contribution in [2.45, 2.75) is 121 Å². The smallest absolute Gasteiger partial charge is 0.321 e. The zero-order chi connectivity index (χ0) is 25.7. The van der Waals surface area contributed by atoms with Gasteiger partial charge in [-0.25, -0.2) is 0 Å². The molecule has 2 atom stereocenters. The Morgan fingerprint density at radius 1 is 0.972 bits per heavy atom. The fraction of sp³-hybridized carbons (Fsp3) is 0.964. The number of methoxy groups -OCH3 is 1. The highest BCUT2D eigenvalue weighted by Gasteiger charge is 2.39. The van der Waals surface area contributed by atoms with Crippen molar-refractivity contribution in [2.24, 2.45) is 17.8 Å². The maximum atomic E-state index is 11.8. The minimum Gasteiger partial charge on any atom is -0.480 e. The number of ether oxygens (including phenoxy) is 2. The van der Waals surface area contributed by atoms with Crippen molar-refractivity contribution in [3.63, 3.8) is 0 Å². The molecule has 4 rings (SSSR count). The van der Waals surface area contributed by atoms with Gasteiger partial charge in [-0.05, 0) is 103 Å². The Kier molecular flexibility index (Phi) is 10.1. The van der Waals surface area contributed by atoms with E-state index in [0.717, 1.165) is 44.4 Å². The quantitative estimate of drug-likeness (QED) is 0.377. The van der Waals surface area contributed by atoms with Crippen molar-refractivity contribution in [2.75, 3.05) is 33.3 Å². The van der Waals surface area contributed by atoms with Gasteiger partial charge in [0.2, 0.25) is 0 Å². The average molecular weight is 509 g/mol. The third kappa shape index (κ3) is 8.11. The number of aliphatic carboxylic acids is 1. The van der Waals surface area contributed by atoms with E-state index >= 15 is 0 Å². The van der Waals surface area contributed by atoms with Crippen LogP contribution in [0.4, 0.5) is 0 Å². The zero-order valence-corrected chi connectivity index (χ0v) is 23.1. The topological polar surface area (TPSA) is 95.1 Å². The normalized spacial score (nSPS) is 38.8. The lowest BCUT2D eigenvalue weighted by molar-refractivity contribution is -0.142. The fourth-order valence-electron chi connectivity index (χ4n) is 7.08. The summed E-state index contributed by atoms with van der Waals surface area (Å²) >= 11 is 0. The first kappa shape index (κ1) is 28.2. The molecule has 4 aliphatic rings. The van der Waals surface area contributed by atoms with Gasteiger partial charge in [-0.3, -0.25) is 25.6 Å². The van der Waals surface area contributed by atoms with E-state index in [-0.39, 0.29) is 18.0 Å². The molecule has 0 amide bonds. The van der Waals surface area contributed by atoms with Gasteiger partial charge in [0.15, 0.2) is 0 Å². The molecule has 208 valence electrons. The molecule has 2 saturated heterocycles. The number of carboxylic acids is 1. The molecular weight excluding hydrogens is 456 g/mol. The van der Waals surface area contributed by atoms with Gasteiger partial charge in [-0.1, -0.05) is 0 Å². The van der Waals surface area contributed by atoms with Crippen LogP contribution < -0.4 is 16.0 Å². The number of rotatable bonds is 9. The summed E-state index contributed by atoms with van der Waals surface area (Å²) in [5.74, 6) is 1.53. The van der Waals surface area contributed by atoms with Gasteiger partial charge in [0, 0.05) is 39.2 Å². The number of hydrogen-bond acceptors (Lipinski definition) is 7. The van der Waals surface area contributed by atoms with E-state index in [1.807, 2.05) is 27.9 Å². The summed E-state index contributed by atoms with van der Waals surface area (Å²) in [5, 5.41) is 21.0. The Hall–Kier alpha value is -0.770. The first-order chi connectivity index (χ1) is 17.2. The van der Waals surface area contributed by atoms with Crippen LogP contribution in [0.15, 0.2) is 0 Å². The van der Waals surface area contributed by atoms with Crippen LogP contribution in [0.3, 0.4) is 0 Å². The van der Waals surface area contributed by atoms with Crippen LogP contribution in [-0.4, -0.2) is 85.4 Å². The molecule has 2 aliphatic carbocycles. The van der Waals surface area contributed by atoms with Crippen LogP contribution in [-0.2, 0) is 14.3 Å². The summed E-state index contributed by atoms with van der Waals surface area (Å²) in [7, 11) is 1.85. The van der Waals surface area contributed by atoms with E-state index in [1.165, 1.54) is 51.4 Å². The van der Waals surface area contributed by atoms with E-state index in [0.29, 0.717) is 24.5 Å². The highest BCUT2D eigenvalue weighted by atomic mass is 16.5. The second kappa shape index (κ2) is 12.9. The second-order valence-corrected chi connectivity index (χ2v) is 12.9. The third-order valence-corrected chi connectivity index (χ3v) is 9.13. The monoisotopic (exact) mass is 508 g/mol. The molecule has 0 aromatic carbocycles. The van der Waals surface area contributed by atoms with E-state index in [2.05, 4.69) is 20.9 Å². The third-order valence-electron chi connectivity index (χ3n) is 9.13. The highest BCUT2D eigenvalue weighted by molar-refractivity contribution is 5.74. The zero-order valence-electron chi connectivity index (χ0n) is 23.1. The van der Waals surface area contributed by atoms with Crippen molar-refractivity contribution < 1.29 is 19.4 Å². The molecule has 8 heteroatoms. The minimum absolute atomic E-state index is 0.0153. The van der Waals surface area contributed by atoms with Gasteiger partial charge < -0.3 is 14.6 Å². The molecule has 4 N–H and O–H groups in total. The Bertz CT molecular complexity index is 678. The second-order valence-electron chi connectivity index (χ2n) is 12.9. The molecular formula is C28H52N4O4. The first-order valence-corrected chi connectivity index (χ1v) is 14.6. The molecule has 0 aromatic heterocycles. The molecule has 4 fully saturated rings. The van der Waals surface area contributed by atoms with Gasteiger partial charge in [-0.2, -0.15) is 0 Å². The Labute approximate surface area is 218 Å². The van der Waals surface area contributed by atoms with Crippen LogP contribution >= 0.6 is 0 Å². The van der Waals surface area contributed by atoms with Gasteiger partial charge >= 0.3 is 5.97 Å². The number of hydrogen-bond donors (Lipinski definition) is 4. The summed E-state index contributed by atoms with van der Waals surface area (Å²) in [5.41, 5.74) is -0.234. The first-order valence-electron chi connectivity index (χ1n) is 14.6. The molecule has 2 aliphatic heterocycles. The molecule has 0 aromatic rings. The molecule has 0 unspecified atom stereocenters. The average Bonchev–Trinajstić information content (AvgIpc) is 3.25. The lowest BCUT2D eigenvalue weighted by Gasteiger charge is -2.40. The molecule has 2 saturated carbocycles. The van der Waals surface area contributed by atoms with Crippen molar-refractivity contribution in [1.82, 2.24) is 20.9 Å². The summed E-state index contributed by atoms with van der Waals surface area (Å²) in [4.78, 5) is 14.0. The van der Waals surface area contributed by atoms with Crippen molar-refractivity contribution in [3.8, 4) is 0 Å². The van der Waals surface area contributed by atoms with E-state index in [1.54, 1.807) is 0 Å². The van der Waals surface area contributed by atoms with Crippen LogP contribution in [0.5, 0.6) is 0 Å². The van der Waals surface area contributed by atoms with Crippen molar-refractivity contribution >= 4 is 5.97 Å². The van der Waals surface area contributed by atoms with Gasteiger partial charge in [-0.15, -0.1) is 0 Å². The van der Waals surface area contributed by atoms with Crippen molar-refractivity contribution in [3.05, 3.63) is 0 Å². The number of nitrogens with zero attached hydrogens (tertiary/aromatic N) is 1. The molecule has 0 radical (unpaired) electrons. The maximum absolute atomic E-state index is 11.8. The Balaban J connectivity index is 1.12. The summed E-state index contributed by atoms with van der Waals surface area (Å²) in [6.07, 6.45) is 12.3. The predicted octanol–water partition coefficient (Wildman–Crippen LogP) is 3.17. The number of carbonyl (C=O) groups is 1. The summed E-state index contributed by atoms with van der Waals surface area (Å²) in [6.45, 7) is 9.93. The molecule has 0 spiro atoms. The number of likely N-dealkylation sites (tertiary alicyclic amines) is 1. The number of nitrogens with one attached hydrogen (secondary N) is 3. The fourth-order valence-corrected chi connectivity index (χ4v) is 7.08. The Morgan fingerprint density at radius 3 is 2.22 bits per heavy atom. The van der Waals surface area contributed by atoms with Gasteiger partial charge in [0.25, 0.3) is 0 Å². The molecule has 8 nitrogen and oxygen atoms in total. The largest absolute Gasteiger partial charge is 0.480 e. The van der Waals surface area contributed by atoms with Crippen LogP contribution in [0.2, 0.25) is 0 Å². The van der Waals surface area contributed by atoms with Crippen molar-refractivity contribution in [1.29, 1.82) is 0 Å². The van der Waals surface area contributed by atoms with Crippen LogP contribution in [0, 0.1) is 17.8 Å². The predicted molar refractivity (Wildman–Crippen MR) is 142 cm³/mol. The summed E-state index contributed by atoms with van der Waals surface area (Å²) < 4.78 is 11.6. The standard InChI is InChI=1S/C28H52N4O4/c1-28(2,3)36-24-15-25(26(33)34)32(18-24)14-13-19-5-9-22(10-6-19)31-27-29-16-21(17-30-27)20-7-11-23(35-4)12-8-20/h19-25,27,29-31H,5-18H2,1-4H3,(H,33,34)/t19?,20?,21?,22?,23?,24-,25+,27?/m1/s1. The maximum Gasteiger partial charge on any atom is 0.321 e. The van der Waals surface area contributed by atoms with E-state index in [9.17, 15) is 9.90 Å². The number of carboxylic acid groups (broad SMARTS) is 1. The lowest BCUT2D eigenvalue weighted by atomic mass is 9.78. The van der Waals surface area contributed by atoms with Crippen LogP contribution in [0.25, 0.3) is 0 Å². The highest BCUT2D eigenvalue weighted by Crippen LogP contribution is 2.33. The van der Waals surface area contributed by atoms with Crippen LogP contribution in [0.1, 0.15) is 85.0 Å². The van der Waals surface area contributed by atoms with E-state index < -0.39 is 12.0 Å². The van der Waals surface area contributed by atoms with Gasteiger partial charge in [0.05, 0.1) is 17.8 Å².